The summed E-state index contributed by atoms with van der Waals surface area (Å²) >= 11 is 0. The highest BCUT2D eigenvalue weighted by molar-refractivity contribution is 4.87. The summed E-state index contributed by atoms with van der Waals surface area (Å²) in [6.45, 7) is 1.50. The molecule has 4 nitrogen and oxygen atoms in total. The summed E-state index contributed by atoms with van der Waals surface area (Å²) in [4.78, 5) is 0. The fourth-order valence-corrected chi connectivity index (χ4v) is 1.08. The van der Waals surface area contributed by atoms with E-state index in [1.807, 2.05) is 0 Å². The van der Waals surface area contributed by atoms with E-state index in [2.05, 4.69) is 0 Å². The maximum absolute atomic E-state index is 9.40. The Balaban J connectivity index is 2.48. The molecule has 0 amide bonds. The van der Waals surface area contributed by atoms with Gasteiger partial charge in [0.1, 0.15) is 5.60 Å². The van der Waals surface area contributed by atoms with Crippen molar-refractivity contribution in [3.63, 3.8) is 0 Å². The van der Waals surface area contributed by atoms with Crippen molar-refractivity contribution in [3.05, 3.63) is 0 Å². The number of rotatable bonds is 1. The lowest BCUT2D eigenvalue weighted by Gasteiger charge is -2.37. The molecule has 1 heterocycles. The van der Waals surface area contributed by atoms with Gasteiger partial charge in [-0.3, -0.25) is 0 Å². The molecule has 4 heteroatoms. The van der Waals surface area contributed by atoms with Gasteiger partial charge >= 0.3 is 0 Å². The predicted octanol–water partition coefficient (Wildman–Crippen LogP) is -1.12. The molecule has 0 bridgehead atoms. The van der Waals surface area contributed by atoms with Crippen LogP contribution in [0, 0.1) is 0 Å². The van der Waals surface area contributed by atoms with E-state index in [1.165, 1.54) is 6.92 Å². The highest BCUT2D eigenvalue weighted by Crippen LogP contribution is 2.22. The Kier molecular flexibility index (Phi) is 2.49. The first-order chi connectivity index (χ1) is 5.06. The molecule has 1 fully saturated rings. The third-order valence-corrected chi connectivity index (χ3v) is 2.02. The quantitative estimate of drug-likeness (QED) is 0.457. The van der Waals surface area contributed by atoms with Gasteiger partial charge in [-0.05, 0) is 6.92 Å². The maximum atomic E-state index is 9.40. The van der Waals surface area contributed by atoms with E-state index in [0.717, 1.165) is 0 Å². The first kappa shape index (κ1) is 8.93. The number of ether oxygens (including phenoxy) is 1. The molecule has 0 radical (unpaired) electrons. The van der Waals surface area contributed by atoms with Gasteiger partial charge in [0.05, 0.1) is 25.4 Å². The molecule has 1 rings (SSSR count). The Morgan fingerprint density at radius 3 is 2.73 bits per heavy atom. The zero-order chi connectivity index (χ0) is 8.48. The summed E-state index contributed by atoms with van der Waals surface area (Å²) in [5.41, 5.74) is -1.16. The minimum absolute atomic E-state index is 0.0827. The van der Waals surface area contributed by atoms with Crippen molar-refractivity contribution >= 4 is 0 Å². The van der Waals surface area contributed by atoms with Crippen molar-refractivity contribution in [2.75, 3.05) is 13.2 Å². The molecule has 1 saturated heterocycles. The number of hydrogen-bond donors (Lipinski definition) is 3. The van der Waals surface area contributed by atoms with Gasteiger partial charge in [-0.1, -0.05) is 0 Å². The van der Waals surface area contributed by atoms with Crippen molar-refractivity contribution in [3.8, 4) is 0 Å². The van der Waals surface area contributed by atoms with Crippen LogP contribution in [0.2, 0.25) is 0 Å². The molecule has 0 spiro atoms. The van der Waals surface area contributed by atoms with Gasteiger partial charge in [-0.25, -0.2) is 0 Å². The summed E-state index contributed by atoms with van der Waals surface area (Å²) in [6, 6.07) is 0. The van der Waals surface area contributed by atoms with E-state index in [9.17, 15) is 10.2 Å². The summed E-state index contributed by atoms with van der Waals surface area (Å²) < 4.78 is 5.05. The number of aliphatic hydroxyl groups excluding tert-OH is 2. The van der Waals surface area contributed by atoms with E-state index in [4.69, 9.17) is 9.84 Å². The molecule has 0 aliphatic carbocycles. The van der Waals surface area contributed by atoms with E-state index in [0.29, 0.717) is 6.42 Å². The Labute approximate surface area is 65.4 Å². The molecule has 0 unspecified atom stereocenters. The van der Waals surface area contributed by atoms with E-state index >= 15 is 0 Å². The third-order valence-electron chi connectivity index (χ3n) is 2.02. The van der Waals surface area contributed by atoms with Crippen LogP contribution < -0.4 is 0 Å². The van der Waals surface area contributed by atoms with Gasteiger partial charge in [0.15, 0.2) is 0 Å². The topological polar surface area (TPSA) is 69.9 Å². The van der Waals surface area contributed by atoms with E-state index in [-0.39, 0.29) is 19.3 Å². The van der Waals surface area contributed by atoms with Gasteiger partial charge in [0.2, 0.25) is 0 Å². The van der Waals surface area contributed by atoms with E-state index in [1.54, 1.807) is 0 Å². The summed E-state index contributed by atoms with van der Waals surface area (Å²) in [6.07, 6.45) is -0.831. The molecule has 3 N–H and O–H groups in total. The molecule has 0 saturated carbocycles. The SMILES string of the molecule is C[C@@]1(O)CO[C@H](CO)C[C@@H]1O. The van der Waals surface area contributed by atoms with Gasteiger partial charge in [-0.2, -0.15) is 0 Å². The predicted molar refractivity (Wildman–Crippen MR) is 38.1 cm³/mol. The Morgan fingerprint density at radius 2 is 2.27 bits per heavy atom. The van der Waals surface area contributed by atoms with Crippen LogP contribution in [0.15, 0.2) is 0 Å². The summed E-state index contributed by atoms with van der Waals surface area (Å²) in [5.74, 6) is 0. The first-order valence-electron chi connectivity index (χ1n) is 3.69. The molecular formula is C7H14O4. The minimum Gasteiger partial charge on any atom is -0.394 e. The lowest BCUT2D eigenvalue weighted by atomic mass is 9.92. The van der Waals surface area contributed by atoms with Crippen LogP contribution >= 0.6 is 0 Å². The fourth-order valence-electron chi connectivity index (χ4n) is 1.08. The van der Waals surface area contributed by atoms with Gasteiger partial charge < -0.3 is 20.1 Å². The van der Waals surface area contributed by atoms with Crippen LogP contribution in [-0.4, -0.2) is 46.3 Å². The van der Waals surface area contributed by atoms with Crippen molar-refractivity contribution < 1.29 is 20.1 Å². The second-order valence-corrected chi connectivity index (χ2v) is 3.22. The average molecular weight is 162 g/mol. The largest absolute Gasteiger partial charge is 0.394 e. The van der Waals surface area contributed by atoms with Gasteiger partial charge in [0.25, 0.3) is 0 Å². The second-order valence-electron chi connectivity index (χ2n) is 3.22. The molecule has 0 aromatic carbocycles. The highest BCUT2D eigenvalue weighted by atomic mass is 16.5. The maximum Gasteiger partial charge on any atom is 0.111 e. The third kappa shape index (κ3) is 1.90. The number of aliphatic hydroxyl groups is 3. The Bertz CT molecular complexity index is 134. The molecule has 11 heavy (non-hydrogen) atoms. The van der Waals surface area contributed by atoms with Crippen LogP contribution in [0.25, 0.3) is 0 Å². The minimum atomic E-state index is -1.16. The first-order valence-corrected chi connectivity index (χ1v) is 3.69. The van der Waals surface area contributed by atoms with Crippen LogP contribution in [0.3, 0.4) is 0 Å². The molecule has 0 aromatic heterocycles. The fraction of sp³-hybridized carbons (Fsp3) is 1.00. The van der Waals surface area contributed by atoms with Crippen molar-refractivity contribution in [2.24, 2.45) is 0 Å². The zero-order valence-electron chi connectivity index (χ0n) is 6.53. The molecule has 1 aliphatic heterocycles. The number of hydrogen-bond acceptors (Lipinski definition) is 4. The van der Waals surface area contributed by atoms with Gasteiger partial charge in [-0.15, -0.1) is 0 Å². The van der Waals surface area contributed by atoms with E-state index < -0.39 is 11.7 Å². The monoisotopic (exact) mass is 162 g/mol. The lowest BCUT2D eigenvalue weighted by Crippen LogP contribution is -2.51. The molecule has 66 valence electrons. The Hall–Kier alpha value is -0.160. The second kappa shape index (κ2) is 3.06. The van der Waals surface area contributed by atoms with Crippen molar-refractivity contribution in [1.82, 2.24) is 0 Å². The summed E-state index contributed by atoms with van der Waals surface area (Å²) in [5, 5.41) is 27.4. The van der Waals surface area contributed by atoms with Crippen LogP contribution in [0.4, 0.5) is 0 Å². The molecule has 0 aromatic rings. The van der Waals surface area contributed by atoms with Crippen molar-refractivity contribution in [2.45, 2.75) is 31.2 Å². The standard InChI is InChI=1S/C7H14O4/c1-7(10)4-11-5(3-8)2-6(7)9/h5-6,8-10H,2-4H2,1H3/t5-,6-,7+/m0/s1. The molecular weight excluding hydrogens is 148 g/mol. The highest BCUT2D eigenvalue weighted by Gasteiger charge is 2.37. The normalized spacial score (nSPS) is 45.8. The van der Waals surface area contributed by atoms with Gasteiger partial charge in [0, 0.05) is 6.42 Å². The smallest absolute Gasteiger partial charge is 0.111 e. The van der Waals surface area contributed by atoms with Crippen LogP contribution in [-0.2, 0) is 4.74 Å². The molecule has 3 atom stereocenters. The zero-order valence-corrected chi connectivity index (χ0v) is 6.53. The van der Waals surface area contributed by atoms with Crippen molar-refractivity contribution in [1.29, 1.82) is 0 Å². The van der Waals surface area contributed by atoms with Crippen LogP contribution in [0.5, 0.6) is 0 Å². The Morgan fingerprint density at radius 1 is 1.64 bits per heavy atom. The lowest BCUT2D eigenvalue weighted by molar-refractivity contribution is -0.181. The molecule has 1 aliphatic rings. The average Bonchev–Trinajstić information content (AvgIpc) is 1.95. The van der Waals surface area contributed by atoms with Crippen LogP contribution in [0.1, 0.15) is 13.3 Å². The summed E-state index contributed by atoms with van der Waals surface area (Å²) in [7, 11) is 0.